The third-order valence-electron chi connectivity index (χ3n) is 7.94. The van der Waals surface area contributed by atoms with Gasteiger partial charge in [0.1, 0.15) is 5.82 Å². The molecule has 226 valence electrons. The molecule has 2 aromatic carbocycles. The number of alkyl halides is 6. The predicted octanol–water partition coefficient (Wildman–Crippen LogP) is 6.63. The highest BCUT2D eigenvalue weighted by Gasteiger charge is 2.40. The van der Waals surface area contributed by atoms with Gasteiger partial charge in [-0.25, -0.2) is 4.39 Å². The van der Waals surface area contributed by atoms with E-state index in [1.165, 1.54) is 43.4 Å². The van der Waals surface area contributed by atoms with E-state index in [0.29, 0.717) is 48.5 Å². The number of aryl methyl sites for hydroxylation is 1. The molecule has 0 aliphatic carbocycles. The Hall–Kier alpha value is -3.67. The van der Waals surface area contributed by atoms with Crippen molar-refractivity contribution in [2.24, 2.45) is 5.92 Å². The summed E-state index contributed by atoms with van der Waals surface area (Å²) >= 11 is 0. The lowest BCUT2D eigenvalue weighted by Crippen LogP contribution is -2.46. The fourth-order valence-corrected chi connectivity index (χ4v) is 5.53. The van der Waals surface area contributed by atoms with Crippen molar-refractivity contribution >= 4 is 5.91 Å². The highest BCUT2D eigenvalue weighted by Crippen LogP contribution is 2.40. The average molecular weight is 598 g/mol. The molecule has 1 saturated heterocycles. The van der Waals surface area contributed by atoms with E-state index in [4.69, 9.17) is 0 Å². The number of nitrogens with zero attached hydrogens (tertiary/aromatic N) is 3. The van der Waals surface area contributed by atoms with Gasteiger partial charge >= 0.3 is 12.4 Å². The van der Waals surface area contributed by atoms with Crippen LogP contribution in [0.4, 0.5) is 30.7 Å². The van der Waals surface area contributed by atoms with Crippen molar-refractivity contribution in [2.45, 2.75) is 51.1 Å². The minimum Gasteiger partial charge on any atom is -0.619 e. The smallest absolute Gasteiger partial charge is 0.416 e. The monoisotopic (exact) mass is 597 g/mol. The van der Waals surface area contributed by atoms with Gasteiger partial charge in [-0.15, -0.1) is 0 Å². The standard InChI is InChI=1S/C30H30F7N3O2/c1-18-12-24(31)4-5-25(18)27-17-39(16-20-6-10-40(42)11-7-20)9-8-26(27)28(41)38(3)19(2)21-13-22(29(32,33)34)15-23(14-21)30(35,36)37/h4-7,10-15,19,26-27H,8-9,16-17H2,1-3H3/t19-,26+,27-/m1/s1. The number of rotatable bonds is 6. The van der Waals surface area contributed by atoms with E-state index in [0.717, 1.165) is 11.1 Å². The first-order valence-electron chi connectivity index (χ1n) is 13.3. The lowest BCUT2D eigenvalue weighted by Gasteiger charge is -2.41. The summed E-state index contributed by atoms with van der Waals surface area (Å²) in [7, 11) is 1.36. The molecule has 0 saturated carbocycles. The minimum absolute atomic E-state index is 0.0599. The van der Waals surface area contributed by atoms with Gasteiger partial charge in [0.25, 0.3) is 0 Å². The fraction of sp³-hybridized carbons (Fsp3) is 0.400. The Balaban J connectivity index is 1.64. The summed E-state index contributed by atoms with van der Waals surface area (Å²) in [6, 6.07) is 7.85. The number of hydrogen-bond acceptors (Lipinski definition) is 3. The van der Waals surface area contributed by atoms with Crippen LogP contribution in [0.15, 0.2) is 60.9 Å². The Morgan fingerprint density at radius 1 is 1.02 bits per heavy atom. The van der Waals surface area contributed by atoms with Gasteiger partial charge in [-0.05, 0) is 79.4 Å². The molecule has 5 nitrogen and oxygen atoms in total. The molecule has 1 aliphatic rings. The first-order chi connectivity index (χ1) is 19.5. The van der Waals surface area contributed by atoms with Gasteiger partial charge in [0, 0.05) is 44.1 Å². The third kappa shape index (κ3) is 7.03. The molecule has 1 aromatic heterocycles. The summed E-state index contributed by atoms with van der Waals surface area (Å²) < 4.78 is 95.4. The summed E-state index contributed by atoms with van der Waals surface area (Å²) in [5.74, 6) is -1.97. The summed E-state index contributed by atoms with van der Waals surface area (Å²) in [5.41, 5.74) is -0.968. The number of pyridine rings is 1. The van der Waals surface area contributed by atoms with Gasteiger partial charge in [-0.3, -0.25) is 9.69 Å². The summed E-state index contributed by atoms with van der Waals surface area (Å²) in [6.07, 6.45) is -6.92. The van der Waals surface area contributed by atoms with Gasteiger partial charge in [0.15, 0.2) is 12.4 Å². The predicted molar refractivity (Wildman–Crippen MR) is 140 cm³/mol. The third-order valence-corrected chi connectivity index (χ3v) is 7.94. The number of carbonyl (C=O) groups excluding carboxylic acids is 1. The van der Waals surface area contributed by atoms with Crippen molar-refractivity contribution in [3.05, 3.63) is 105 Å². The molecular formula is C30H30F7N3O2. The van der Waals surface area contributed by atoms with Crippen LogP contribution in [-0.2, 0) is 23.7 Å². The quantitative estimate of drug-likeness (QED) is 0.182. The molecule has 1 amide bonds. The minimum atomic E-state index is -5.01. The Kier molecular flexibility index (Phi) is 8.86. The van der Waals surface area contributed by atoms with E-state index >= 15 is 0 Å². The summed E-state index contributed by atoms with van der Waals surface area (Å²) in [5, 5.41) is 11.4. The van der Waals surface area contributed by atoms with Gasteiger partial charge in [0.2, 0.25) is 5.91 Å². The lowest BCUT2D eigenvalue weighted by atomic mass is 9.78. The molecule has 1 aliphatic heterocycles. The molecule has 12 heteroatoms. The molecule has 42 heavy (non-hydrogen) atoms. The largest absolute Gasteiger partial charge is 0.619 e. The van der Waals surface area contributed by atoms with Crippen molar-refractivity contribution in [3.63, 3.8) is 0 Å². The normalized spacial score (nSPS) is 19.0. The van der Waals surface area contributed by atoms with E-state index < -0.39 is 53.1 Å². The van der Waals surface area contributed by atoms with Crippen LogP contribution >= 0.6 is 0 Å². The zero-order valence-corrected chi connectivity index (χ0v) is 23.1. The van der Waals surface area contributed by atoms with Gasteiger partial charge in [-0.1, -0.05) is 6.07 Å². The molecule has 2 heterocycles. The zero-order valence-electron chi connectivity index (χ0n) is 23.1. The summed E-state index contributed by atoms with van der Waals surface area (Å²) in [4.78, 5) is 17.2. The van der Waals surface area contributed by atoms with E-state index in [2.05, 4.69) is 4.90 Å². The number of likely N-dealkylation sites (tertiary alicyclic amines) is 1. The highest BCUT2D eigenvalue weighted by molar-refractivity contribution is 5.80. The second-order valence-corrected chi connectivity index (χ2v) is 10.8. The van der Waals surface area contributed by atoms with Crippen LogP contribution in [0, 0.1) is 23.9 Å². The van der Waals surface area contributed by atoms with Crippen LogP contribution in [0.25, 0.3) is 0 Å². The van der Waals surface area contributed by atoms with Crippen molar-refractivity contribution in [1.29, 1.82) is 0 Å². The molecule has 0 radical (unpaired) electrons. The van der Waals surface area contributed by atoms with E-state index in [1.54, 1.807) is 25.1 Å². The summed E-state index contributed by atoms with van der Waals surface area (Å²) in [6.45, 7) is 4.45. The molecule has 0 unspecified atom stereocenters. The van der Waals surface area contributed by atoms with Gasteiger partial charge in [0.05, 0.1) is 17.2 Å². The topological polar surface area (TPSA) is 50.5 Å². The van der Waals surface area contributed by atoms with Crippen LogP contribution in [0.3, 0.4) is 0 Å². The molecule has 3 atom stereocenters. The molecule has 1 fully saturated rings. The molecule has 4 rings (SSSR count). The van der Waals surface area contributed by atoms with Crippen molar-refractivity contribution < 1.29 is 40.3 Å². The van der Waals surface area contributed by atoms with E-state index in [1.807, 2.05) is 0 Å². The zero-order chi connectivity index (χ0) is 31.0. The Bertz CT molecular complexity index is 1390. The second kappa shape index (κ2) is 11.9. The average Bonchev–Trinajstić information content (AvgIpc) is 2.92. The maximum Gasteiger partial charge on any atom is 0.416 e. The Morgan fingerprint density at radius 2 is 1.62 bits per heavy atom. The van der Waals surface area contributed by atoms with Crippen molar-refractivity contribution in [1.82, 2.24) is 9.80 Å². The van der Waals surface area contributed by atoms with Crippen LogP contribution in [0.5, 0.6) is 0 Å². The number of carbonyl (C=O) groups is 1. The van der Waals surface area contributed by atoms with Crippen LogP contribution < -0.4 is 4.73 Å². The number of aromatic nitrogens is 1. The van der Waals surface area contributed by atoms with Crippen LogP contribution in [-0.4, -0.2) is 35.8 Å². The molecule has 0 spiro atoms. The number of benzene rings is 2. The fourth-order valence-electron chi connectivity index (χ4n) is 5.53. The molecule has 0 bridgehead atoms. The van der Waals surface area contributed by atoms with Crippen molar-refractivity contribution in [2.75, 3.05) is 20.1 Å². The molecular weight excluding hydrogens is 567 g/mol. The maximum atomic E-state index is 13.9. The van der Waals surface area contributed by atoms with E-state index in [-0.39, 0.29) is 11.6 Å². The van der Waals surface area contributed by atoms with Gasteiger partial charge in [-0.2, -0.15) is 31.1 Å². The van der Waals surface area contributed by atoms with Crippen LogP contribution in [0.2, 0.25) is 0 Å². The highest BCUT2D eigenvalue weighted by atomic mass is 19.4. The van der Waals surface area contributed by atoms with Crippen LogP contribution in [0.1, 0.15) is 58.7 Å². The lowest BCUT2D eigenvalue weighted by molar-refractivity contribution is -0.605. The second-order valence-electron chi connectivity index (χ2n) is 10.8. The number of halogens is 7. The first-order valence-corrected chi connectivity index (χ1v) is 13.3. The number of amides is 1. The SMILES string of the molecule is Cc1cc(F)ccc1[C@H]1CN(Cc2cc[n+]([O-])cc2)CC[C@@H]1C(=O)N(C)[C@H](C)c1cc(C(F)(F)F)cc(C(F)(F)F)c1. The maximum absolute atomic E-state index is 13.9. The number of hydrogen-bond donors (Lipinski definition) is 0. The van der Waals surface area contributed by atoms with Gasteiger partial charge < -0.3 is 10.1 Å². The molecule has 3 aromatic rings. The number of piperidine rings is 1. The van der Waals surface area contributed by atoms with E-state index in [9.17, 15) is 40.7 Å². The molecule has 0 N–H and O–H groups in total. The van der Waals surface area contributed by atoms with Crippen molar-refractivity contribution in [3.8, 4) is 0 Å². The first kappa shape index (κ1) is 31.3. The Morgan fingerprint density at radius 3 is 2.17 bits per heavy atom. The Labute approximate surface area is 238 Å².